The zero-order valence-corrected chi connectivity index (χ0v) is 12.6. The van der Waals surface area contributed by atoms with Gasteiger partial charge in [-0.3, -0.25) is 4.79 Å². The molecule has 5 heteroatoms. The molecule has 1 aliphatic rings. The maximum Gasteiger partial charge on any atom is 0.325 e. The van der Waals surface area contributed by atoms with Crippen LogP contribution in [0, 0.1) is 0 Å². The summed E-state index contributed by atoms with van der Waals surface area (Å²) in [6.45, 7) is 0. The van der Waals surface area contributed by atoms with Gasteiger partial charge in [0.05, 0.1) is 7.11 Å². The number of ether oxygens (including phenoxy) is 1. The Morgan fingerprint density at radius 2 is 2.39 bits per heavy atom. The minimum Gasteiger partial charge on any atom is -0.468 e. The van der Waals surface area contributed by atoms with Crippen LogP contribution in [0.4, 0.5) is 0 Å². The zero-order chi connectivity index (χ0) is 13.2. The molecule has 0 radical (unpaired) electrons. The molecule has 0 amide bonds. The van der Waals surface area contributed by atoms with Crippen LogP contribution in [-0.4, -0.2) is 23.9 Å². The lowest BCUT2D eigenvalue weighted by molar-refractivity contribution is -0.146. The van der Waals surface area contributed by atoms with E-state index in [1.54, 1.807) is 11.8 Å². The van der Waals surface area contributed by atoms with Crippen molar-refractivity contribution >= 4 is 33.7 Å². The van der Waals surface area contributed by atoms with Crippen LogP contribution in [0.3, 0.4) is 0 Å². The second kappa shape index (κ2) is 5.63. The van der Waals surface area contributed by atoms with Crippen molar-refractivity contribution in [2.24, 2.45) is 5.73 Å². The molecular weight excluding hydrogens is 314 g/mol. The van der Waals surface area contributed by atoms with Gasteiger partial charge >= 0.3 is 5.97 Å². The summed E-state index contributed by atoms with van der Waals surface area (Å²) < 4.78 is 5.84. The Balaban J connectivity index is 2.00. The first kappa shape index (κ1) is 13.9. The van der Waals surface area contributed by atoms with Crippen LogP contribution in [0.15, 0.2) is 33.6 Å². The van der Waals surface area contributed by atoms with Gasteiger partial charge in [-0.15, -0.1) is 11.8 Å². The maximum atomic E-state index is 11.6. The quantitative estimate of drug-likeness (QED) is 0.866. The SMILES string of the molecule is COC(=O)C1(N)CCC(Sc2cccc(Br)c2)C1. The number of carbonyl (C=O) groups is 1. The van der Waals surface area contributed by atoms with Crippen LogP contribution in [0.25, 0.3) is 0 Å². The summed E-state index contributed by atoms with van der Waals surface area (Å²) in [5.41, 5.74) is 5.30. The fourth-order valence-electron chi connectivity index (χ4n) is 2.25. The predicted octanol–water partition coefficient (Wildman–Crippen LogP) is 2.96. The van der Waals surface area contributed by atoms with Crippen LogP contribution in [-0.2, 0) is 9.53 Å². The molecule has 1 fully saturated rings. The Bertz CT molecular complexity index is 454. The molecule has 0 aromatic heterocycles. The number of rotatable bonds is 3. The van der Waals surface area contributed by atoms with Crippen molar-refractivity contribution < 1.29 is 9.53 Å². The molecule has 98 valence electrons. The molecule has 1 saturated carbocycles. The van der Waals surface area contributed by atoms with Crippen molar-refractivity contribution in [3.63, 3.8) is 0 Å². The molecule has 2 atom stereocenters. The lowest BCUT2D eigenvalue weighted by atomic mass is 10.00. The number of thioether (sulfide) groups is 1. The van der Waals surface area contributed by atoms with Crippen molar-refractivity contribution in [2.75, 3.05) is 7.11 Å². The molecule has 0 bridgehead atoms. The van der Waals surface area contributed by atoms with E-state index in [-0.39, 0.29) is 5.97 Å². The molecule has 2 rings (SSSR count). The standard InChI is InChI=1S/C13H16BrNO2S/c1-17-12(16)13(15)6-5-11(8-13)18-10-4-2-3-9(14)7-10/h2-4,7,11H,5-6,8,15H2,1H3. The average Bonchev–Trinajstić information content (AvgIpc) is 2.71. The molecule has 1 aromatic carbocycles. The first-order valence-electron chi connectivity index (χ1n) is 5.83. The smallest absolute Gasteiger partial charge is 0.325 e. The molecule has 0 saturated heterocycles. The molecule has 0 aliphatic heterocycles. The molecule has 3 nitrogen and oxygen atoms in total. The van der Waals surface area contributed by atoms with Gasteiger partial charge in [-0.2, -0.15) is 0 Å². The van der Waals surface area contributed by atoms with Crippen LogP contribution < -0.4 is 5.73 Å². The highest BCUT2D eigenvalue weighted by Crippen LogP contribution is 2.39. The van der Waals surface area contributed by atoms with E-state index in [9.17, 15) is 4.79 Å². The zero-order valence-electron chi connectivity index (χ0n) is 10.2. The van der Waals surface area contributed by atoms with Crippen LogP contribution in [0.2, 0.25) is 0 Å². The Morgan fingerprint density at radius 1 is 1.61 bits per heavy atom. The van der Waals surface area contributed by atoms with Gasteiger partial charge in [-0.25, -0.2) is 0 Å². The molecular formula is C13H16BrNO2S. The number of hydrogen-bond acceptors (Lipinski definition) is 4. The Hall–Kier alpha value is -0.520. The van der Waals surface area contributed by atoms with Crippen molar-refractivity contribution in [1.82, 2.24) is 0 Å². The van der Waals surface area contributed by atoms with Crippen molar-refractivity contribution in [1.29, 1.82) is 0 Å². The number of esters is 1. The Morgan fingerprint density at radius 3 is 3.06 bits per heavy atom. The minimum absolute atomic E-state index is 0.292. The summed E-state index contributed by atoms with van der Waals surface area (Å²) in [6.07, 6.45) is 2.32. The molecule has 1 aliphatic carbocycles. The lowest BCUT2D eigenvalue weighted by Gasteiger charge is -2.20. The second-order valence-electron chi connectivity index (χ2n) is 4.59. The van der Waals surface area contributed by atoms with Gasteiger partial charge in [-0.1, -0.05) is 22.0 Å². The van der Waals surface area contributed by atoms with E-state index in [0.717, 1.165) is 10.9 Å². The number of hydrogen-bond donors (Lipinski definition) is 1. The van der Waals surface area contributed by atoms with Gasteiger partial charge in [0, 0.05) is 14.6 Å². The van der Waals surface area contributed by atoms with Crippen LogP contribution in [0.5, 0.6) is 0 Å². The summed E-state index contributed by atoms with van der Waals surface area (Å²) in [7, 11) is 1.39. The molecule has 2 unspecified atom stereocenters. The fraction of sp³-hybridized carbons (Fsp3) is 0.462. The third kappa shape index (κ3) is 3.08. The van der Waals surface area contributed by atoms with E-state index in [2.05, 4.69) is 28.1 Å². The molecule has 0 heterocycles. The van der Waals surface area contributed by atoms with E-state index in [1.165, 1.54) is 12.0 Å². The normalized spacial score (nSPS) is 27.2. The average molecular weight is 330 g/mol. The van der Waals surface area contributed by atoms with Crippen molar-refractivity contribution in [3.8, 4) is 0 Å². The molecule has 18 heavy (non-hydrogen) atoms. The van der Waals surface area contributed by atoms with Gasteiger partial charge in [0.25, 0.3) is 0 Å². The van der Waals surface area contributed by atoms with Gasteiger partial charge in [0.15, 0.2) is 0 Å². The Labute approximate surface area is 120 Å². The summed E-state index contributed by atoms with van der Waals surface area (Å²) in [5, 5.41) is 0.378. The largest absolute Gasteiger partial charge is 0.468 e. The topological polar surface area (TPSA) is 52.3 Å². The second-order valence-corrected chi connectivity index (χ2v) is 6.88. The summed E-state index contributed by atoms with van der Waals surface area (Å²) in [5.74, 6) is -0.292. The number of halogens is 1. The highest BCUT2D eigenvalue weighted by atomic mass is 79.9. The number of carbonyl (C=O) groups excluding carboxylic acids is 1. The van der Waals surface area contributed by atoms with E-state index in [4.69, 9.17) is 10.5 Å². The van der Waals surface area contributed by atoms with E-state index >= 15 is 0 Å². The van der Waals surface area contributed by atoms with Crippen molar-refractivity contribution in [2.45, 2.75) is 34.9 Å². The summed E-state index contributed by atoms with van der Waals surface area (Å²) >= 11 is 5.23. The first-order valence-corrected chi connectivity index (χ1v) is 7.50. The van der Waals surface area contributed by atoms with Gasteiger partial charge in [0.2, 0.25) is 0 Å². The third-order valence-corrected chi connectivity index (χ3v) is 4.95. The Kier molecular flexibility index (Phi) is 4.35. The van der Waals surface area contributed by atoms with E-state index < -0.39 is 5.54 Å². The predicted molar refractivity (Wildman–Crippen MR) is 76.6 cm³/mol. The highest BCUT2D eigenvalue weighted by molar-refractivity contribution is 9.10. The molecule has 1 aromatic rings. The summed E-state index contributed by atoms with van der Waals surface area (Å²) in [6, 6.07) is 8.17. The first-order chi connectivity index (χ1) is 8.53. The van der Waals surface area contributed by atoms with Gasteiger partial charge in [-0.05, 0) is 37.5 Å². The van der Waals surface area contributed by atoms with Gasteiger partial charge < -0.3 is 10.5 Å². The monoisotopic (exact) mass is 329 g/mol. The lowest BCUT2D eigenvalue weighted by Crippen LogP contribution is -2.46. The molecule has 2 N–H and O–H groups in total. The maximum absolute atomic E-state index is 11.6. The summed E-state index contributed by atoms with van der Waals surface area (Å²) in [4.78, 5) is 12.8. The van der Waals surface area contributed by atoms with Crippen molar-refractivity contribution in [3.05, 3.63) is 28.7 Å². The third-order valence-electron chi connectivity index (χ3n) is 3.20. The van der Waals surface area contributed by atoms with E-state index in [1.807, 2.05) is 12.1 Å². The van der Waals surface area contributed by atoms with Crippen LogP contribution in [0.1, 0.15) is 19.3 Å². The number of methoxy groups -OCH3 is 1. The van der Waals surface area contributed by atoms with Gasteiger partial charge in [0.1, 0.15) is 5.54 Å². The fourth-order valence-corrected chi connectivity index (χ4v) is 4.16. The minimum atomic E-state index is -0.793. The number of benzene rings is 1. The number of nitrogens with two attached hydrogens (primary N) is 1. The van der Waals surface area contributed by atoms with E-state index in [0.29, 0.717) is 18.1 Å². The molecule has 0 spiro atoms. The highest BCUT2D eigenvalue weighted by Gasteiger charge is 2.43. The van der Waals surface area contributed by atoms with Crippen LogP contribution >= 0.6 is 27.7 Å².